The number of anilines is 2. The summed E-state index contributed by atoms with van der Waals surface area (Å²) in [7, 11) is 1.75. The summed E-state index contributed by atoms with van der Waals surface area (Å²) in [6.45, 7) is 0.387. The Labute approximate surface area is 217 Å². The van der Waals surface area contributed by atoms with Crippen LogP contribution in [-0.2, 0) is 16.1 Å². The van der Waals surface area contributed by atoms with E-state index in [1.54, 1.807) is 24.1 Å². The standard InChI is InChI=1S/C31H32N2O4/c1-32(30(36)25-10-4-2-5-11-25)27-18-15-24(16-19-27)22-33(31(37)26-12-6-3-7-13-26)28-14-8-9-23(21-28)17-20-29(34)35/h2,4-5,8-11,14-21,26H,3,6-7,12-13,22H2,1H3,(H,34,35). The van der Waals surface area contributed by atoms with E-state index in [0.717, 1.165) is 60.7 Å². The van der Waals surface area contributed by atoms with Crippen LogP contribution >= 0.6 is 0 Å². The first-order valence-electron chi connectivity index (χ1n) is 12.7. The molecule has 4 rings (SSSR count). The molecule has 0 unspecified atom stereocenters. The maximum atomic E-state index is 13.7. The minimum Gasteiger partial charge on any atom is -0.478 e. The molecule has 1 saturated carbocycles. The van der Waals surface area contributed by atoms with Crippen molar-refractivity contribution < 1.29 is 19.5 Å². The van der Waals surface area contributed by atoms with Crippen LogP contribution in [0.15, 0.2) is 84.9 Å². The molecular weight excluding hydrogens is 464 g/mol. The van der Waals surface area contributed by atoms with E-state index in [1.165, 1.54) is 6.08 Å². The highest BCUT2D eigenvalue weighted by atomic mass is 16.4. The molecule has 0 spiro atoms. The molecule has 1 N–H and O–H groups in total. The van der Waals surface area contributed by atoms with Gasteiger partial charge in [0.1, 0.15) is 0 Å². The monoisotopic (exact) mass is 496 g/mol. The van der Waals surface area contributed by atoms with E-state index in [1.807, 2.05) is 71.6 Å². The van der Waals surface area contributed by atoms with Gasteiger partial charge in [-0.3, -0.25) is 9.59 Å². The Morgan fingerprint density at radius 1 is 0.865 bits per heavy atom. The third-order valence-electron chi connectivity index (χ3n) is 6.81. The van der Waals surface area contributed by atoms with Crippen LogP contribution in [0.25, 0.3) is 6.08 Å². The number of rotatable bonds is 8. The second-order valence-electron chi connectivity index (χ2n) is 9.42. The van der Waals surface area contributed by atoms with E-state index in [2.05, 4.69) is 0 Å². The van der Waals surface area contributed by atoms with E-state index < -0.39 is 5.97 Å². The Kier molecular flexibility index (Phi) is 8.52. The number of benzene rings is 3. The molecule has 1 aliphatic carbocycles. The van der Waals surface area contributed by atoms with Gasteiger partial charge in [-0.25, -0.2) is 4.79 Å². The van der Waals surface area contributed by atoms with Crippen molar-refractivity contribution in [3.05, 3.63) is 102 Å². The molecule has 0 radical (unpaired) electrons. The number of amides is 2. The van der Waals surface area contributed by atoms with Crippen LogP contribution in [-0.4, -0.2) is 29.9 Å². The molecule has 6 nitrogen and oxygen atoms in total. The van der Waals surface area contributed by atoms with Gasteiger partial charge in [0, 0.05) is 36.0 Å². The summed E-state index contributed by atoms with van der Waals surface area (Å²) in [4.78, 5) is 40.9. The SMILES string of the molecule is CN(C(=O)c1ccccc1)c1ccc(CN(C(=O)C2CCCCC2)c2cccc(C=CC(=O)O)c2)cc1. The minimum absolute atomic E-state index is 0.0131. The number of hydrogen-bond donors (Lipinski definition) is 1. The zero-order chi connectivity index (χ0) is 26.2. The number of carbonyl (C=O) groups is 3. The predicted octanol–water partition coefficient (Wildman–Crippen LogP) is 6.17. The summed E-state index contributed by atoms with van der Waals surface area (Å²) in [6, 6.07) is 24.2. The first kappa shape index (κ1) is 25.9. The summed E-state index contributed by atoms with van der Waals surface area (Å²) in [5.74, 6) is -1.02. The zero-order valence-electron chi connectivity index (χ0n) is 21.0. The highest BCUT2D eigenvalue weighted by molar-refractivity contribution is 6.05. The van der Waals surface area contributed by atoms with Crippen LogP contribution in [0.3, 0.4) is 0 Å². The van der Waals surface area contributed by atoms with Gasteiger partial charge in [-0.15, -0.1) is 0 Å². The Hall–Kier alpha value is -4.19. The van der Waals surface area contributed by atoms with Crippen LogP contribution in [0.5, 0.6) is 0 Å². The molecule has 0 bridgehead atoms. The van der Waals surface area contributed by atoms with Crippen LogP contribution in [0.4, 0.5) is 11.4 Å². The lowest BCUT2D eigenvalue weighted by atomic mass is 9.88. The molecular formula is C31H32N2O4. The van der Waals surface area contributed by atoms with E-state index in [0.29, 0.717) is 12.1 Å². The van der Waals surface area contributed by atoms with Gasteiger partial charge in [0.2, 0.25) is 5.91 Å². The summed E-state index contributed by atoms with van der Waals surface area (Å²) < 4.78 is 0. The molecule has 3 aromatic rings. The average molecular weight is 497 g/mol. The number of nitrogens with zero attached hydrogens (tertiary/aromatic N) is 2. The fraction of sp³-hybridized carbons (Fsp3) is 0.258. The molecule has 0 atom stereocenters. The number of aliphatic carboxylic acids is 1. The lowest BCUT2D eigenvalue weighted by Gasteiger charge is -2.30. The first-order chi connectivity index (χ1) is 17.9. The van der Waals surface area contributed by atoms with Gasteiger partial charge in [0.25, 0.3) is 5.91 Å². The topological polar surface area (TPSA) is 77.9 Å². The van der Waals surface area contributed by atoms with Gasteiger partial charge in [-0.2, -0.15) is 0 Å². The van der Waals surface area contributed by atoms with Gasteiger partial charge in [-0.1, -0.05) is 61.7 Å². The van der Waals surface area contributed by atoms with Crippen LogP contribution in [0, 0.1) is 5.92 Å². The lowest BCUT2D eigenvalue weighted by Crippen LogP contribution is -2.36. The Morgan fingerprint density at radius 2 is 1.57 bits per heavy atom. The number of hydrogen-bond acceptors (Lipinski definition) is 3. The Morgan fingerprint density at radius 3 is 2.24 bits per heavy atom. The third kappa shape index (κ3) is 6.73. The summed E-state index contributed by atoms with van der Waals surface area (Å²) in [5, 5.41) is 8.99. The van der Waals surface area contributed by atoms with Crippen molar-refractivity contribution in [2.24, 2.45) is 5.92 Å². The number of carbonyl (C=O) groups excluding carboxylic acids is 2. The Balaban J connectivity index is 1.57. The molecule has 2 amide bonds. The quantitative estimate of drug-likeness (QED) is 0.378. The van der Waals surface area contributed by atoms with Gasteiger partial charge in [0.05, 0.1) is 6.54 Å². The number of carboxylic acids is 1. The smallest absolute Gasteiger partial charge is 0.328 e. The van der Waals surface area contributed by atoms with Gasteiger partial charge >= 0.3 is 5.97 Å². The van der Waals surface area contributed by atoms with Gasteiger partial charge < -0.3 is 14.9 Å². The maximum absolute atomic E-state index is 13.7. The molecule has 1 fully saturated rings. The second-order valence-corrected chi connectivity index (χ2v) is 9.42. The van der Waals surface area contributed by atoms with E-state index in [-0.39, 0.29) is 17.7 Å². The molecule has 3 aromatic carbocycles. The minimum atomic E-state index is -1.02. The third-order valence-corrected chi connectivity index (χ3v) is 6.81. The summed E-state index contributed by atoms with van der Waals surface area (Å²) >= 11 is 0. The van der Waals surface area contributed by atoms with E-state index in [4.69, 9.17) is 5.11 Å². The van der Waals surface area contributed by atoms with Crippen molar-refractivity contribution >= 4 is 35.2 Å². The predicted molar refractivity (Wildman–Crippen MR) is 146 cm³/mol. The van der Waals surface area contributed by atoms with Crippen LogP contribution in [0.2, 0.25) is 0 Å². The van der Waals surface area contributed by atoms with Crippen molar-refractivity contribution in [2.75, 3.05) is 16.8 Å². The van der Waals surface area contributed by atoms with Crippen molar-refractivity contribution in [1.82, 2.24) is 0 Å². The zero-order valence-corrected chi connectivity index (χ0v) is 21.0. The molecule has 1 aliphatic rings. The van der Waals surface area contributed by atoms with E-state index in [9.17, 15) is 14.4 Å². The fourth-order valence-electron chi connectivity index (χ4n) is 4.73. The molecule has 0 saturated heterocycles. The normalized spacial score (nSPS) is 13.9. The number of carboxylic acid groups (broad SMARTS) is 1. The average Bonchev–Trinajstić information content (AvgIpc) is 2.95. The van der Waals surface area contributed by atoms with Crippen LogP contribution in [0.1, 0.15) is 53.6 Å². The van der Waals surface area contributed by atoms with Gasteiger partial charge in [0.15, 0.2) is 0 Å². The Bertz CT molecular complexity index is 1260. The fourth-order valence-corrected chi connectivity index (χ4v) is 4.73. The highest BCUT2D eigenvalue weighted by Crippen LogP contribution is 2.30. The van der Waals surface area contributed by atoms with Crippen LogP contribution < -0.4 is 9.80 Å². The largest absolute Gasteiger partial charge is 0.478 e. The highest BCUT2D eigenvalue weighted by Gasteiger charge is 2.27. The van der Waals surface area contributed by atoms with Crippen molar-refractivity contribution in [2.45, 2.75) is 38.6 Å². The first-order valence-corrected chi connectivity index (χ1v) is 12.7. The molecule has 0 aliphatic heterocycles. The molecule has 0 heterocycles. The van der Waals surface area contributed by atoms with Crippen molar-refractivity contribution in [1.29, 1.82) is 0 Å². The molecule has 190 valence electrons. The summed E-state index contributed by atoms with van der Waals surface area (Å²) in [5.41, 5.74) is 3.79. The maximum Gasteiger partial charge on any atom is 0.328 e. The second kappa shape index (κ2) is 12.2. The molecule has 37 heavy (non-hydrogen) atoms. The van der Waals surface area contributed by atoms with Crippen molar-refractivity contribution in [3.8, 4) is 0 Å². The molecule has 6 heteroatoms. The molecule has 0 aromatic heterocycles. The van der Waals surface area contributed by atoms with Crippen molar-refractivity contribution in [3.63, 3.8) is 0 Å². The summed E-state index contributed by atoms with van der Waals surface area (Å²) in [6.07, 6.45) is 7.68. The van der Waals surface area contributed by atoms with Gasteiger partial charge in [-0.05, 0) is 66.4 Å². The lowest BCUT2D eigenvalue weighted by molar-refractivity contribution is -0.131. The van der Waals surface area contributed by atoms with E-state index >= 15 is 0 Å².